The standard InChI is InChI=1S/C21H25N3O3/c1-4-26-17-9-11-18(12-10-17)27-14-13-24-20-8-6-5-7-19(20)23-21(24)15(2)22-16(3)25/h5-12,15H,4,13-14H2,1-3H3,(H,22,25)/t15-/m1/s1. The Bertz CT molecular complexity index is 903. The molecule has 0 saturated carbocycles. The van der Waals surface area contributed by atoms with Crippen LogP contribution in [0.2, 0.25) is 0 Å². The Morgan fingerprint density at radius 2 is 1.78 bits per heavy atom. The highest BCUT2D eigenvalue weighted by Crippen LogP contribution is 2.22. The molecule has 0 unspecified atom stereocenters. The van der Waals surface area contributed by atoms with Gasteiger partial charge in [0.2, 0.25) is 5.91 Å². The van der Waals surface area contributed by atoms with Gasteiger partial charge in [-0.1, -0.05) is 12.1 Å². The van der Waals surface area contributed by atoms with Crippen LogP contribution in [0.15, 0.2) is 48.5 Å². The minimum absolute atomic E-state index is 0.0771. The van der Waals surface area contributed by atoms with Crippen LogP contribution in [0.25, 0.3) is 11.0 Å². The molecule has 1 amide bonds. The van der Waals surface area contributed by atoms with Crippen LogP contribution in [0, 0.1) is 0 Å². The number of fused-ring (bicyclic) bond motifs is 1. The summed E-state index contributed by atoms with van der Waals surface area (Å²) in [5, 5.41) is 2.91. The summed E-state index contributed by atoms with van der Waals surface area (Å²) in [6, 6.07) is 15.4. The molecule has 2 aromatic carbocycles. The summed E-state index contributed by atoms with van der Waals surface area (Å²) in [5.74, 6) is 2.37. The molecular weight excluding hydrogens is 342 g/mol. The van der Waals surface area contributed by atoms with Crippen molar-refractivity contribution in [3.8, 4) is 11.5 Å². The lowest BCUT2D eigenvalue weighted by Gasteiger charge is -2.16. The predicted octanol–water partition coefficient (Wildman–Crippen LogP) is 3.71. The SMILES string of the molecule is CCOc1ccc(OCCn2c([C@@H](C)NC(C)=O)nc3ccccc32)cc1. The summed E-state index contributed by atoms with van der Waals surface area (Å²) in [6.45, 7) is 7.18. The molecule has 6 nitrogen and oxygen atoms in total. The van der Waals surface area contributed by atoms with Gasteiger partial charge < -0.3 is 19.4 Å². The molecule has 1 aromatic heterocycles. The Labute approximate surface area is 159 Å². The number of para-hydroxylation sites is 2. The van der Waals surface area contributed by atoms with Crippen molar-refractivity contribution in [1.82, 2.24) is 14.9 Å². The van der Waals surface area contributed by atoms with Gasteiger partial charge in [-0.25, -0.2) is 4.98 Å². The summed E-state index contributed by atoms with van der Waals surface area (Å²) in [4.78, 5) is 16.1. The normalized spacial score (nSPS) is 12.0. The smallest absolute Gasteiger partial charge is 0.217 e. The van der Waals surface area contributed by atoms with E-state index in [1.54, 1.807) is 0 Å². The van der Waals surface area contributed by atoms with Crippen molar-refractivity contribution in [2.75, 3.05) is 13.2 Å². The average Bonchev–Trinajstić information content (AvgIpc) is 3.02. The van der Waals surface area contributed by atoms with Gasteiger partial charge in [0, 0.05) is 6.92 Å². The first-order valence-electron chi connectivity index (χ1n) is 9.16. The third kappa shape index (κ3) is 4.58. The van der Waals surface area contributed by atoms with E-state index in [-0.39, 0.29) is 11.9 Å². The van der Waals surface area contributed by atoms with Crippen molar-refractivity contribution in [3.05, 3.63) is 54.4 Å². The minimum atomic E-state index is -0.180. The number of amides is 1. The fraction of sp³-hybridized carbons (Fsp3) is 0.333. The molecule has 0 aliphatic heterocycles. The van der Waals surface area contributed by atoms with E-state index in [2.05, 4.69) is 9.88 Å². The van der Waals surface area contributed by atoms with Gasteiger partial charge in [-0.05, 0) is 50.2 Å². The van der Waals surface area contributed by atoms with E-state index in [1.807, 2.05) is 62.4 Å². The molecule has 1 N–H and O–H groups in total. The van der Waals surface area contributed by atoms with Gasteiger partial charge in [-0.2, -0.15) is 0 Å². The Morgan fingerprint density at radius 1 is 1.11 bits per heavy atom. The zero-order valence-electron chi connectivity index (χ0n) is 15.9. The Balaban J connectivity index is 1.74. The number of imidazole rings is 1. The van der Waals surface area contributed by atoms with E-state index >= 15 is 0 Å². The van der Waals surface area contributed by atoms with Crippen molar-refractivity contribution < 1.29 is 14.3 Å². The van der Waals surface area contributed by atoms with Crippen molar-refractivity contribution in [2.24, 2.45) is 0 Å². The number of benzene rings is 2. The molecular formula is C21H25N3O3. The summed E-state index contributed by atoms with van der Waals surface area (Å²) in [6.07, 6.45) is 0. The van der Waals surface area contributed by atoms with E-state index in [9.17, 15) is 4.79 Å². The van der Waals surface area contributed by atoms with Crippen molar-refractivity contribution in [3.63, 3.8) is 0 Å². The first kappa shape index (κ1) is 18.8. The third-order valence-electron chi connectivity index (χ3n) is 4.21. The Morgan fingerprint density at radius 3 is 2.44 bits per heavy atom. The van der Waals surface area contributed by atoms with Crippen molar-refractivity contribution >= 4 is 16.9 Å². The molecule has 0 saturated heterocycles. The van der Waals surface area contributed by atoms with E-state index in [1.165, 1.54) is 6.92 Å². The maximum absolute atomic E-state index is 11.4. The second-order valence-corrected chi connectivity index (χ2v) is 6.29. The molecule has 0 bridgehead atoms. The van der Waals surface area contributed by atoms with E-state index in [0.29, 0.717) is 19.8 Å². The highest BCUT2D eigenvalue weighted by atomic mass is 16.5. The number of ether oxygens (including phenoxy) is 2. The molecule has 0 aliphatic rings. The highest BCUT2D eigenvalue weighted by Gasteiger charge is 2.17. The van der Waals surface area contributed by atoms with E-state index < -0.39 is 0 Å². The molecule has 3 rings (SSSR count). The number of aromatic nitrogens is 2. The molecule has 27 heavy (non-hydrogen) atoms. The van der Waals surface area contributed by atoms with E-state index in [4.69, 9.17) is 14.5 Å². The van der Waals surface area contributed by atoms with Crippen LogP contribution in [0.5, 0.6) is 11.5 Å². The molecule has 142 valence electrons. The minimum Gasteiger partial charge on any atom is -0.494 e. The molecule has 3 aromatic rings. The van der Waals surface area contributed by atoms with Crippen LogP contribution in [0.1, 0.15) is 32.6 Å². The number of hydrogen-bond donors (Lipinski definition) is 1. The number of hydrogen-bond acceptors (Lipinski definition) is 4. The number of carbonyl (C=O) groups is 1. The lowest BCUT2D eigenvalue weighted by Crippen LogP contribution is -2.27. The number of nitrogens with one attached hydrogen (secondary N) is 1. The largest absolute Gasteiger partial charge is 0.494 e. The second kappa shape index (κ2) is 8.58. The third-order valence-corrected chi connectivity index (χ3v) is 4.21. The quantitative estimate of drug-likeness (QED) is 0.659. The van der Waals surface area contributed by atoms with Crippen LogP contribution in [0.3, 0.4) is 0 Å². The van der Waals surface area contributed by atoms with Gasteiger partial charge >= 0.3 is 0 Å². The van der Waals surface area contributed by atoms with Crippen LogP contribution in [-0.4, -0.2) is 28.7 Å². The summed E-state index contributed by atoms with van der Waals surface area (Å²) in [5.41, 5.74) is 1.94. The highest BCUT2D eigenvalue weighted by molar-refractivity contribution is 5.77. The van der Waals surface area contributed by atoms with Crippen LogP contribution >= 0.6 is 0 Å². The predicted molar refractivity (Wildman–Crippen MR) is 105 cm³/mol. The summed E-state index contributed by atoms with van der Waals surface area (Å²) < 4.78 is 13.4. The first-order valence-corrected chi connectivity index (χ1v) is 9.16. The lowest BCUT2D eigenvalue weighted by atomic mass is 10.3. The van der Waals surface area contributed by atoms with Gasteiger partial charge in [-0.3, -0.25) is 4.79 Å². The zero-order valence-corrected chi connectivity index (χ0v) is 15.9. The summed E-state index contributed by atoms with van der Waals surface area (Å²) >= 11 is 0. The van der Waals surface area contributed by atoms with Gasteiger partial charge in [0.25, 0.3) is 0 Å². The topological polar surface area (TPSA) is 65.4 Å². The monoisotopic (exact) mass is 367 g/mol. The molecule has 0 aliphatic carbocycles. The molecule has 0 fully saturated rings. The fourth-order valence-electron chi connectivity index (χ4n) is 3.08. The van der Waals surface area contributed by atoms with Crippen molar-refractivity contribution in [2.45, 2.75) is 33.4 Å². The number of carbonyl (C=O) groups excluding carboxylic acids is 1. The maximum Gasteiger partial charge on any atom is 0.217 e. The lowest BCUT2D eigenvalue weighted by molar-refractivity contribution is -0.119. The van der Waals surface area contributed by atoms with Gasteiger partial charge in [-0.15, -0.1) is 0 Å². The first-order chi connectivity index (χ1) is 13.1. The molecule has 1 heterocycles. The maximum atomic E-state index is 11.4. The molecule has 6 heteroatoms. The van der Waals surface area contributed by atoms with Crippen LogP contribution in [0.4, 0.5) is 0 Å². The van der Waals surface area contributed by atoms with E-state index in [0.717, 1.165) is 28.4 Å². The molecule has 0 radical (unpaired) electrons. The molecule has 1 atom stereocenters. The Hall–Kier alpha value is -3.02. The van der Waals surface area contributed by atoms with Crippen molar-refractivity contribution in [1.29, 1.82) is 0 Å². The van der Waals surface area contributed by atoms with Crippen LogP contribution in [-0.2, 0) is 11.3 Å². The number of rotatable bonds is 8. The second-order valence-electron chi connectivity index (χ2n) is 6.29. The number of nitrogens with zero attached hydrogens (tertiary/aromatic N) is 2. The Kier molecular flexibility index (Phi) is 5.96. The summed E-state index contributed by atoms with van der Waals surface area (Å²) in [7, 11) is 0. The molecule has 0 spiro atoms. The fourth-order valence-corrected chi connectivity index (χ4v) is 3.08. The van der Waals surface area contributed by atoms with Gasteiger partial charge in [0.15, 0.2) is 0 Å². The van der Waals surface area contributed by atoms with Crippen LogP contribution < -0.4 is 14.8 Å². The van der Waals surface area contributed by atoms with Gasteiger partial charge in [0.1, 0.15) is 23.9 Å². The van der Waals surface area contributed by atoms with Gasteiger partial charge in [0.05, 0.1) is 30.2 Å². The zero-order chi connectivity index (χ0) is 19.2. The average molecular weight is 367 g/mol.